The number of hydrogen-bond acceptors (Lipinski definition) is 5. The Morgan fingerprint density at radius 3 is 2.57 bits per heavy atom. The number of alkyl halides is 1. The molecule has 156 valence electrons. The molecule has 3 rings (SSSR count). The molecule has 0 spiro atoms. The number of ether oxygens (including phenoxy) is 3. The largest absolute Gasteiger partial charge is 0.497 e. The summed E-state index contributed by atoms with van der Waals surface area (Å²) in [5.74, 6) is 1.78. The van der Waals surface area contributed by atoms with Crippen molar-refractivity contribution in [3.63, 3.8) is 0 Å². The zero-order chi connectivity index (χ0) is 21.3. The zero-order valence-corrected chi connectivity index (χ0v) is 16.9. The van der Waals surface area contributed by atoms with Crippen molar-refractivity contribution in [2.75, 3.05) is 25.3 Å². The first-order valence-electron chi connectivity index (χ1n) is 9.44. The topological polar surface area (TPSA) is 60.9 Å². The van der Waals surface area contributed by atoms with E-state index in [1.165, 1.54) is 11.8 Å². The lowest BCUT2D eigenvalue weighted by molar-refractivity contribution is -0.116. The second kappa shape index (κ2) is 10.2. The summed E-state index contributed by atoms with van der Waals surface area (Å²) < 4.78 is 29.3. The number of amides is 1. The SMILES string of the molecule is COc1ccc(OCC[18F])c(CN(C(C)=O)c2cccnc2Oc2ccccc2)c1. The van der Waals surface area contributed by atoms with Crippen LogP contribution in [-0.4, -0.2) is 31.3 Å². The smallest absolute Gasteiger partial charge is 0.243 e. The van der Waals surface area contributed by atoms with Crippen LogP contribution in [0.1, 0.15) is 12.5 Å². The number of carbonyl (C=O) groups excluding carboxylic acids is 1. The van der Waals surface area contributed by atoms with Crippen molar-refractivity contribution in [2.24, 2.45) is 0 Å². The molecule has 0 saturated carbocycles. The number of rotatable bonds is 9. The molecule has 2 aromatic carbocycles. The number of hydrogen-bond donors (Lipinski definition) is 0. The minimum atomic E-state index is -0.612. The molecule has 0 saturated heterocycles. The van der Waals surface area contributed by atoms with E-state index in [-0.39, 0.29) is 19.1 Å². The highest BCUT2D eigenvalue weighted by atomic mass is 18.2. The van der Waals surface area contributed by atoms with Crippen LogP contribution in [0.3, 0.4) is 0 Å². The van der Waals surface area contributed by atoms with Gasteiger partial charge in [-0.25, -0.2) is 9.37 Å². The fraction of sp³-hybridized carbons (Fsp3) is 0.217. The van der Waals surface area contributed by atoms with Crippen molar-refractivity contribution in [1.29, 1.82) is 0 Å². The number of carbonyl (C=O) groups is 1. The second-order valence-electron chi connectivity index (χ2n) is 6.36. The Morgan fingerprint density at radius 2 is 1.87 bits per heavy atom. The van der Waals surface area contributed by atoms with Crippen LogP contribution in [0.2, 0.25) is 0 Å². The molecule has 6 nitrogen and oxygen atoms in total. The zero-order valence-electron chi connectivity index (χ0n) is 16.9. The molecule has 7 heteroatoms. The third kappa shape index (κ3) is 5.26. The second-order valence-corrected chi connectivity index (χ2v) is 6.36. The summed E-state index contributed by atoms with van der Waals surface area (Å²) in [6.07, 6.45) is 1.60. The third-order valence-electron chi connectivity index (χ3n) is 4.31. The summed E-state index contributed by atoms with van der Waals surface area (Å²) in [6.45, 7) is 0.945. The third-order valence-corrected chi connectivity index (χ3v) is 4.31. The van der Waals surface area contributed by atoms with Crippen molar-refractivity contribution in [2.45, 2.75) is 13.5 Å². The van der Waals surface area contributed by atoms with Crippen LogP contribution in [0.25, 0.3) is 0 Å². The number of methoxy groups -OCH3 is 1. The summed E-state index contributed by atoms with van der Waals surface area (Å²) in [5, 5.41) is 0. The quantitative estimate of drug-likeness (QED) is 0.509. The molecule has 0 aliphatic heterocycles. The van der Waals surface area contributed by atoms with E-state index in [4.69, 9.17) is 14.2 Å². The molecule has 0 atom stereocenters. The van der Waals surface area contributed by atoms with Gasteiger partial charge in [0.25, 0.3) is 0 Å². The van der Waals surface area contributed by atoms with E-state index in [0.29, 0.717) is 34.4 Å². The minimum absolute atomic E-state index is 0.0747. The highest BCUT2D eigenvalue weighted by molar-refractivity contribution is 5.92. The first-order valence-corrected chi connectivity index (χ1v) is 9.44. The lowest BCUT2D eigenvalue weighted by Crippen LogP contribution is -2.28. The van der Waals surface area contributed by atoms with Crippen molar-refractivity contribution in [1.82, 2.24) is 4.98 Å². The van der Waals surface area contributed by atoms with E-state index in [2.05, 4.69) is 4.98 Å². The van der Waals surface area contributed by atoms with Crippen molar-refractivity contribution in [3.8, 4) is 23.1 Å². The number of pyridine rings is 1. The fourth-order valence-electron chi connectivity index (χ4n) is 2.90. The highest BCUT2D eigenvalue weighted by Crippen LogP contribution is 2.33. The predicted molar refractivity (Wildman–Crippen MR) is 112 cm³/mol. The lowest BCUT2D eigenvalue weighted by Gasteiger charge is -2.24. The van der Waals surface area contributed by atoms with Gasteiger partial charge in [0.2, 0.25) is 11.8 Å². The molecule has 0 aliphatic rings. The molecule has 1 aromatic heterocycles. The molecule has 1 amide bonds. The van der Waals surface area contributed by atoms with Gasteiger partial charge in [0.15, 0.2) is 0 Å². The average Bonchev–Trinajstić information content (AvgIpc) is 2.77. The van der Waals surface area contributed by atoms with Crippen molar-refractivity contribution in [3.05, 3.63) is 72.4 Å². The van der Waals surface area contributed by atoms with Crippen LogP contribution in [0.5, 0.6) is 23.1 Å². The van der Waals surface area contributed by atoms with Crippen LogP contribution >= 0.6 is 0 Å². The van der Waals surface area contributed by atoms with Gasteiger partial charge in [0, 0.05) is 18.7 Å². The van der Waals surface area contributed by atoms with Crippen LogP contribution in [0.4, 0.5) is 10.1 Å². The lowest BCUT2D eigenvalue weighted by atomic mass is 10.1. The molecule has 30 heavy (non-hydrogen) atoms. The summed E-state index contributed by atoms with van der Waals surface area (Å²) in [5.41, 5.74) is 1.18. The molecule has 0 radical (unpaired) electrons. The molecular formula is C23H23FN2O4. The predicted octanol–water partition coefficient (Wildman–Crippen LogP) is 4.78. The van der Waals surface area contributed by atoms with Gasteiger partial charge in [0.1, 0.15) is 36.2 Å². The van der Waals surface area contributed by atoms with Gasteiger partial charge in [-0.2, -0.15) is 0 Å². The Morgan fingerprint density at radius 1 is 1.07 bits per heavy atom. The monoisotopic (exact) mass is 409 g/mol. The Hall–Kier alpha value is -3.61. The Balaban J connectivity index is 1.95. The van der Waals surface area contributed by atoms with E-state index in [1.807, 2.05) is 30.3 Å². The van der Waals surface area contributed by atoms with Crippen LogP contribution in [-0.2, 0) is 11.3 Å². The van der Waals surface area contributed by atoms with Gasteiger partial charge in [0.05, 0.1) is 13.7 Å². The van der Waals surface area contributed by atoms with Gasteiger partial charge < -0.3 is 19.1 Å². The maximum absolute atomic E-state index is 12.6. The number of anilines is 1. The highest BCUT2D eigenvalue weighted by Gasteiger charge is 2.20. The van der Waals surface area contributed by atoms with Crippen LogP contribution in [0, 0.1) is 0 Å². The minimum Gasteiger partial charge on any atom is -0.497 e. The molecule has 3 aromatic rings. The number of para-hydroxylation sites is 1. The first-order chi connectivity index (χ1) is 14.6. The Bertz CT molecular complexity index is 982. The standard InChI is InChI=1S/C23H23FN2O4/c1-17(27)26(16-18-15-20(28-2)10-11-22(18)29-14-12-24)21-9-6-13-25-23(21)30-19-7-4-3-5-8-19/h3-11,13,15H,12,14,16H2,1-2H3/i24-1. The summed E-state index contributed by atoms with van der Waals surface area (Å²) in [6, 6.07) is 17.9. The molecule has 0 bridgehead atoms. The van der Waals surface area contributed by atoms with Crippen LogP contribution < -0.4 is 19.1 Å². The molecule has 0 N–H and O–H groups in total. The van der Waals surface area contributed by atoms with Gasteiger partial charge in [-0.15, -0.1) is 0 Å². The van der Waals surface area contributed by atoms with Crippen LogP contribution in [0.15, 0.2) is 66.9 Å². The number of aromatic nitrogens is 1. The Labute approximate surface area is 174 Å². The normalized spacial score (nSPS) is 10.4. The van der Waals surface area contributed by atoms with Crippen molar-refractivity contribution < 1.29 is 23.4 Å². The van der Waals surface area contributed by atoms with Gasteiger partial charge in [-0.1, -0.05) is 18.2 Å². The summed E-state index contributed by atoms with van der Waals surface area (Å²) in [4.78, 5) is 18.4. The fourth-order valence-corrected chi connectivity index (χ4v) is 2.90. The van der Waals surface area contributed by atoms with Gasteiger partial charge >= 0.3 is 0 Å². The molecule has 0 unspecified atom stereocenters. The van der Waals surface area contributed by atoms with Gasteiger partial charge in [-0.3, -0.25) is 4.79 Å². The number of halogens is 1. The van der Waals surface area contributed by atoms with E-state index in [1.54, 1.807) is 43.6 Å². The average molecular weight is 409 g/mol. The van der Waals surface area contributed by atoms with E-state index >= 15 is 0 Å². The molecular weight excluding hydrogens is 386 g/mol. The maximum Gasteiger partial charge on any atom is 0.243 e. The van der Waals surface area contributed by atoms with Gasteiger partial charge in [-0.05, 0) is 42.5 Å². The van der Waals surface area contributed by atoms with E-state index in [9.17, 15) is 9.18 Å². The molecule has 1 heterocycles. The Kier molecular flexibility index (Phi) is 7.21. The van der Waals surface area contributed by atoms with Crippen molar-refractivity contribution >= 4 is 11.6 Å². The molecule has 0 aliphatic carbocycles. The first kappa shape index (κ1) is 21.1. The maximum atomic E-state index is 12.6. The molecule has 0 fully saturated rings. The van der Waals surface area contributed by atoms with E-state index < -0.39 is 6.67 Å². The summed E-state index contributed by atoms with van der Waals surface area (Å²) in [7, 11) is 1.55. The summed E-state index contributed by atoms with van der Waals surface area (Å²) >= 11 is 0. The van der Waals surface area contributed by atoms with E-state index in [0.717, 1.165) is 0 Å². The number of nitrogens with zero attached hydrogens (tertiary/aromatic N) is 2. The number of benzene rings is 2.